The molecule has 0 aromatic heterocycles. The molecular weight excluding hydrogens is 900 g/mol. The van der Waals surface area contributed by atoms with E-state index in [-0.39, 0.29) is 37.6 Å². The molecule has 15 N–H and O–H groups in total. The lowest BCUT2D eigenvalue weighted by Crippen LogP contribution is -2.59. The highest BCUT2D eigenvalue weighted by Gasteiger charge is 2.32. The summed E-state index contributed by atoms with van der Waals surface area (Å²) >= 11 is 3.34. The molecule has 64 heavy (non-hydrogen) atoms. The Labute approximate surface area is 382 Å². The Bertz CT molecular complexity index is 1760. The van der Waals surface area contributed by atoms with Gasteiger partial charge in [-0.2, -0.15) is 0 Å². The van der Waals surface area contributed by atoms with Crippen molar-refractivity contribution in [3.05, 3.63) is 34.3 Å². The van der Waals surface area contributed by atoms with Crippen LogP contribution in [0.4, 0.5) is 0 Å². The highest BCUT2D eigenvalue weighted by molar-refractivity contribution is 9.10. The molecule has 10 amide bonds. The number of carbonyl (C=O) groups is 10. The molecule has 3 unspecified atom stereocenters. The van der Waals surface area contributed by atoms with Crippen LogP contribution in [0.5, 0.6) is 0 Å². The number of halogens is 1. The van der Waals surface area contributed by atoms with Crippen LogP contribution in [0.2, 0.25) is 0 Å². The highest BCUT2D eigenvalue weighted by Crippen LogP contribution is 2.13. The second kappa shape index (κ2) is 29.6. The number of hydrogen-bond acceptors (Lipinski definition) is 12. The number of nitrogens with two attached hydrogens (primary N) is 3. The molecule has 0 fully saturated rings. The van der Waals surface area contributed by atoms with Crippen LogP contribution in [0.1, 0.15) is 72.8 Å². The fraction of sp³-hybridized carbons (Fsp3) is 0.610. The predicted octanol–water partition coefficient (Wildman–Crippen LogP) is -3.19. The summed E-state index contributed by atoms with van der Waals surface area (Å²) in [4.78, 5) is 127. The molecule has 0 aliphatic rings. The summed E-state index contributed by atoms with van der Waals surface area (Å²) in [5, 5.41) is 22.1. The molecular formula is C41H67BrN12O10. The summed E-state index contributed by atoms with van der Waals surface area (Å²) in [6.07, 6.45) is 1.51. The minimum absolute atomic E-state index is 0.0324. The Morgan fingerprint density at radius 3 is 1.62 bits per heavy atom. The quantitative estimate of drug-likeness (QED) is 0.0378. The molecule has 0 saturated carbocycles. The van der Waals surface area contributed by atoms with E-state index >= 15 is 0 Å². The number of benzene rings is 1. The number of rotatable bonds is 29. The van der Waals surface area contributed by atoms with Crippen molar-refractivity contribution in [1.82, 2.24) is 47.9 Å². The normalized spacial score (nSPS) is 13.7. The zero-order valence-corrected chi connectivity index (χ0v) is 39.0. The van der Waals surface area contributed by atoms with Crippen molar-refractivity contribution in [2.75, 3.05) is 39.3 Å². The van der Waals surface area contributed by atoms with Gasteiger partial charge in [0, 0.05) is 4.47 Å². The van der Waals surface area contributed by atoms with Crippen LogP contribution in [0, 0.1) is 17.8 Å². The van der Waals surface area contributed by atoms with Gasteiger partial charge in [-0.3, -0.25) is 47.9 Å². The van der Waals surface area contributed by atoms with E-state index in [2.05, 4.69) is 63.8 Å². The van der Waals surface area contributed by atoms with Crippen LogP contribution < -0.4 is 65.1 Å². The number of amides is 10. The van der Waals surface area contributed by atoms with Gasteiger partial charge in [0.15, 0.2) is 0 Å². The Morgan fingerprint density at radius 1 is 0.562 bits per heavy atom. The molecule has 1 rings (SSSR count). The first-order valence-electron chi connectivity index (χ1n) is 21.1. The molecule has 0 radical (unpaired) electrons. The van der Waals surface area contributed by atoms with E-state index in [9.17, 15) is 47.9 Å². The third kappa shape index (κ3) is 22.6. The number of primary amides is 1. The van der Waals surface area contributed by atoms with E-state index in [1.807, 2.05) is 38.1 Å². The first-order chi connectivity index (χ1) is 30.1. The SMILES string of the molecule is CC[C@H](C)C(NC(=O)CNC(=O)C(N)Cc1ccc(Br)cc1)C(=O)NCC(=O)NCC(=O)NCC(=O)N[C@@H](CCN)C(=O)NC(C(=O)N[C@@H](CCC(C)C)C(=O)NCC(N)=O)C(C)C. The number of nitrogens with one attached hydrogen (secondary N) is 9. The maximum absolute atomic E-state index is 13.4. The second-order valence-corrected chi connectivity index (χ2v) is 16.9. The molecule has 358 valence electrons. The van der Waals surface area contributed by atoms with Crippen molar-refractivity contribution in [2.24, 2.45) is 35.0 Å². The number of carbonyl (C=O) groups excluding carboxylic acids is 10. The summed E-state index contributed by atoms with van der Waals surface area (Å²) in [6.45, 7) is 8.10. The van der Waals surface area contributed by atoms with Gasteiger partial charge in [0.05, 0.1) is 38.8 Å². The first kappa shape index (κ1) is 56.3. The van der Waals surface area contributed by atoms with Gasteiger partial charge in [-0.25, -0.2) is 0 Å². The lowest BCUT2D eigenvalue weighted by Gasteiger charge is -2.27. The molecule has 0 saturated heterocycles. The highest BCUT2D eigenvalue weighted by atomic mass is 79.9. The zero-order chi connectivity index (χ0) is 48.5. The molecule has 1 aromatic carbocycles. The average molecular weight is 968 g/mol. The minimum Gasteiger partial charge on any atom is -0.368 e. The number of hydrogen-bond donors (Lipinski definition) is 12. The van der Waals surface area contributed by atoms with Gasteiger partial charge in [-0.1, -0.05) is 76.0 Å². The molecule has 0 aliphatic heterocycles. The molecule has 1 aromatic rings. The van der Waals surface area contributed by atoms with Crippen molar-refractivity contribution in [1.29, 1.82) is 0 Å². The van der Waals surface area contributed by atoms with Gasteiger partial charge in [0.25, 0.3) is 0 Å². The predicted molar refractivity (Wildman–Crippen MR) is 240 cm³/mol. The van der Waals surface area contributed by atoms with Crippen molar-refractivity contribution in [3.8, 4) is 0 Å². The van der Waals surface area contributed by atoms with Crippen LogP contribution in [0.25, 0.3) is 0 Å². The molecule has 0 bridgehead atoms. The van der Waals surface area contributed by atoms with Gasteiger partial charge in [0.2, 0.25) is 59.1 Å². The molecule has 0 heterocycles. The Kier molecular flexibility index (Phi) is 26.1. The standard InChI is InChI=1S/C41H67BrN12O10/c1-7-24(6)36(53-34(59)21-49-37(60)27(44)16-25-9-11-26(42)12-10-25)40(63)50-19-32(57)46-18-31(56)47-20-33(58)51-29(14-15-43)39(62)54-35(23(4)5)41(64)52-28(13-8-22(2)3)38(61)48-17-30(45)55/h9-12,22-24,27-29,35-36H,7-8,13-21,43-44H2,1-6H3,(H2,45,55)(H,46,57)(H,47,56)(H,48,61)(H,49,60)(H,50,63)(H,51,58)(H,52,64)(H,53,59)(H,54,62)/t24-,27?,28-,29-,35?,36?/m0/s1. The Morgan fingerprint density at radius 2 is 1.08 bits per heavy atom. The van der Waals surface area contributed by atoms with E-state index in [1.165, 1.54) is 0 Å². The fourth-order valence-corrected chi connectivity index (χ4v) is 6.01. The van der Waals surface area contributed by atoms with Gasteiger partial charge < -0.3 is 65.1 Å². The van der Waals surface area contributed by atoms with Gasteiger partial charge in [-0.05, 0) is 67.7 Å². The zero-order valence-electron chi connectivity index (χ0n) is 37.4. The molecule has 23 heteroatoms. The Hall–Kier alpha value is -5.68. The van der Waals surface area contributed by atoms with E-state index < -0.39 is 128 Å². The van der Waals surface area contributed by atoms with Gasteiger partial charge >= 0.3 is 0 Å². The van der Waals surface area contributed by atoms with E-state index in [4.69, 9.17) is 17.2 Å². The van der Waals surface area contributed by atoms with Crippen LogP contribution in [0.3, 0.4) is 0 Å². The minimum atomic E-state index is -1.21. The summed E-state index contributed by atoms with van der Waals surface area (Å²) in [6, 6.07) is 1.92. The smallest absolute Gasteiger partial charge is 0.243 e. The summed E-state index contributed by atoms with van der Waals surface area (Å²) in [5.74, 6) is -7.64. The van der Waals surface area contributed by atoms with Crippen LogP contribution in [-0.4, -0.2) is 129 Å². The van der Waals surface area contributed by atoms with E-state index in [0.29, 0.717) is 12.8 Å². The lowest BCUT2D eigenvalue weighted by atomic mass is 9.98. The maximum Gasteiger partial charge on any atom is 0.243 e. The Balaban J connectivity index is 2.66. The largest absolute Gasteiger partial charge is 0.368 e. The van der Waals surface area contributed by atoms with Crippen LogP contribution in [-0.2, 0) is 54.4 Å². The summed E-state index contributed by atoms with van der Waals surface area (Å²) < 4.78 is 0.872. The van der Waals surface area contributed by atoms with Crippen LogP contribution in [0.15, 0.2) is 28.7 Å². The summed E-state index contributed by atoms with van der Waals surface area (Å²) in [5.41, 5.74) is 17.6. The fourth-order valence-electron chi connectivity index (χ4n) is 5.75. The van der Waals surface area contributed by atoms with Gasteiger partial charge in [0.1, 0.15) is 24.2 Å². The maximum atomic E-state index is 13.4. The van der Waals surface area contributed by atoms with Crippen LogP contribution >= 0.6 is 15.9 Å². The van der Waals surface area contributed by atoms with Crippen molar-refractivity contribution < 1.29 is 47.9 Å². The topological polar surface area (TPSA) is 357 Å². The second-order valence-electron chi connectivity index (χ2n) is 16.0. The molecule has 0 spiro atoms. The van der Waals surface area contributed by atoms with Crippen molar-refractivity contribution in [3.63, 3.8) is 0 Å². The van der Waals surface area contributed by atoms with Gasteiger partial charge in [-0.15, -0.1) is 0 Å². The lowest BCUT2D eigenvalue weighted by molar-refractivity contribution is -0.135. The molecule has 0 aliphatic carbocycles. The third-order valence-electron chi connectivity index (χ3n) is 9.71. The summed E-state index contributed by atoms with van der Waals surface area (Å²) in [7, 11) is 0. The molecule has 22 nitrogen and oxygen atoms in total. The third-order valence-corrected chi connectivity index (χ3v) is 10.2. The van der Waals surface area contributed by atoms with E-state index in [0.717, 1.165) is 10.0 Å². The monoisotopic (exact) mass is 966 g/mol. The molecule has 6 atom stereocenters. The van der Waals surface area contributed by atoms with Crippen molar-refractivity contribution >= 4 is 75.0 Å². The van der Waals surface area contributed by atoms with E-state index in [1.54, 1.807) is 27.7 Å². The first-order valence-corrected chi connectivity index (χ1v) is 21.9. The average Bonchev–Trinajstić information content (AvgIpc) is 3.24. The van der Waals surface area contributed by atoms with Crippen molar-refractivity contribution in [2.45, 2.75) is 104 Å².